The maximum Gasteiger partial charge on any atom is 0.272 e. The molecule has 3 N–H and O–H groups in total. The van der Waals surface area contributed by atoms with E-state index in [4.69, 9.17) is 9.26 Å². The highest BCUT2D eigenvalue weighted by Gasteiger charge is 2.11. The number of nitrogens with zero attached hydrogens (tertiary/aromatic N) is 3. The molecule has 10 nitrogen and oxygen atoms in total. The molecule has 2 heterocycles. The summed E-state index contributed by atoms with van der Waals surface area (Å²) in [6.07, 6.45) is 0.603. The lowest BCUT2D eigenvalue weighted by Gasteiger charge is -2.08. The number of H-pyrrole nitrogens is 1. The Hall–Kier alpha value is -4.05. The molecule has 0 bridgehead atoms. The topological polar surface area (TPSA) is 135 Å². The quantitative estimate of drug-likeness (QED) is 0.313. The molecule has 0 saturated heterocycles. The summed E-state index contributed by atoms with van der Waals surface area (Å²) in [5.74, 6) is 1.52. The van der Waals surface area contributed by atoms with Gasteiger partial charge in [0.1, 0.15) is 5.75 Å². The molecule has 2 aromatic heterocycles. The lowest BCUT2D eigenvalue weighted by atomic mass is 10.1. The van der Waals surface area contributed by atoms with E-state index in [1.807, 2.05) is 42.5 Å². The summed E-state index contributed by atoms with van der Waals surface area (Å²) in [5, 5.41) is 18.1. The Bertz CT molecular complexity index is 1280. The highest BCUT2D eigenvalue weighted by Crippen LogP contribution is 2.20. The van der Waals surface area contributed by atoms with Crippen molar-refractivity contribution in [2.24, 2.45) is 0 Å². The van der Waals surface area contributed by atoms with Crippen LogP contribution in [0.3, 0.4) is 0 Å². The minimum Gasteiger partial charge on any atom is -0.497 e. The van der Waals surface area contributed by atoms with Crippen molar-refractivity contribution >= 4 is 16.7 Å². The molecule has 0 aliphatic heterocycles. The second kappa shape index (κ2) is 10.5. The SMILES string of the molecule is COc1ccc(-c2noc(CCC(=O)NCCNCc3n[nH]c(=O)c4ccccc34)n2)cc1. The van der Waals surface area contributed by atoms with Gasteiger partial charge in [0.15, 0.2) is 0 Å². The zero-order chi connectivity index (χ0) is 23.0. The highest BCUT2D eigenvalue weighted by atomic mass is 16.5. The number of aryl methyl sites for hydroxylation is 1. The van der Waals surface area contributed by atoms with Crippen LogP contribution in [0.1, 0.15) is 18.0 Å². The van der Waals surface area contributed by atoms with Crippen molar-refractivity contribution < 1.29 is 14.1 Å². The summed E-state index contributed by atoms with van der Waals surface area (Å²) in [6, 6.07) is 14.7. The second-order valence-corrected chi connectivity index (χ2v) is 7.31. The van der Waals surface area contributed by atoms with Gasteiger partial charge < -0.3 is 19.9 Å². The van der Waals surface area contributed by atoms with E-state index in [1.54, 1.807) is 13.2 Å². The number of fused-ring (bicyclic) bond motifs is 1. The third-order valence-electron chi connectivity index (χ3n) is 5.07. The van der Waals surface area contributed by atoms with Crippen LogP contribution in [-0.4, -0.2) is 46.4 Å². The fraction of sp³-hybridized carbons (Fsp3) is 0.261. The number of nitrogens with one attached hydrogen (secondary N) is 3. The molecular weight excluding hydrogens is 424 g/mol. The van der Waals surface area contributed by atoms with Gasteiger partial charge in [-0.05, 0) is 30.3 Å². The molecular formula is C23H24N6O4. The maximum absolute atomic E-state index is 12.1. The number of benzene rings is 2. The van der Waals surface area contributed by atoms with Crippen LogP contribution < -0.4 is 20.9 Å². The van der Waals surface area contributed by atoms with Gasteiger partial charge in [0, 0.05) is 43.4 Å². The van der Waals surface area contributed by atoms with Crippen LogP contribution >= 0.6 is 0 Å². The van der Waals surface area contributed by atoms with E-state index in [0.29, 0.717) is 43.2 Å². The summed E-state index contributed by atoms with van der Waals surface area (Å²) in [5.41, 5.74) is 1.35. The van der Waals surface area contributed by atoms with Gasteiger partial charge in [-0.15, -0.1) is 0 Å². The van der Waals surface area contributed by atoms with Gasteiger partial charge >= 0.3 is 0 Å². The van der Waals surface area contributed by atoms with Gasteiger partial charge in [-0.3, -0.25) is 9.59 Å². The first-order chi connectivity index (χ1) is 16.1. The number of rotatable bonds is 10. The molecule has 4 rings (SSSR count). The largest absolute Gasteiger partial charge is 0.497 e. The molecule has 1 amide bonds. The highest BCUT2D eigenvalue weighted by molar-refractivity contribution is 5.83. The first kappa shape index (κ1) is 22.2. The molecule has 4 aromatic rings. The third kappa shape index (κ3) is 5.60. The predicted molar refractivity (Wildman–Crippen MR) is 122 cm³/mol. The summed E-state index contributed by atoms with van der Waals surface area (Å²) in [4.78, 5) is 28.3. The normalized spacial score (nSPS) is 10.9. The number of carbonyl (C=O) groups excluding carboxylic acids is 1. The minimum atomic E-state index is -0.209. The second-order valence-electron chi connectivity index (χ2n) is 7.31. The minimum absolute atomic E-state index is 0.103. The number of hydrogen-bond donors (Lipinski definition) is 3. The monoisotopic (exact) mass is 448 g/mol. The zero-order valence-electron chi connectivity index (χ0n) is 18.1. The average Bonchev–Trinajstić information content (AvgIpc) is 3.33. The lowest BCUT2D eigenvalue weighted by Crippen LogP contribution is -2.32. The number of hydrogen-bond acceptors (Lipinski definition) is 8. The van der Waals surface area contributed by atoms with Gasteiger partial charge in [0.2, 0.25) is 17.6 Å². The Morgan fingerprint density at radius 2 is 1.88 bits per heavy atom. The molecule has 0 unspecified atom stereocenters. The molecule has 170 valence electrons. The van der Waals surface area contributed by atoms with Crippen molar-refractivity contribution in [1.29, 1.82) is 0 Å². The van der Waals surface area contributed by atoms with Crippen molar-refractivity contribution in [3.8, 4) is 17.1 Å². The Labute approximate surface area is 189 Å². The van der Waals surface area contributed by atoms with E-state index in [-0.39, 0.29) is 17.9 Å². The van der Waals surface area contributed by atoms with Crippen molar-refractivity contribution in [2.75, 3.05) is 20.2 Å². The van der Waals surface area contributed by atoms with Crippen LogP contribution in [0.2, 0.25) is 0 Å². The van der Waals surface area contributed by atoms with Gasteiger partial charge in [-0.1, -0.05) is 23.4 Å². The van der Waals surface area contributed by atoms with Crippen LogP contribution in [-0.2, 0) is 17.8 Å². The van der Waals surface area contributed by atoms with E-state index in [2.05, 4.69) is 31.0 Å². The van der Waals surface area contributed by atoms with Crippen molar-refractivity contribution in [3.63, 3.8) is 0 Å². The summed E-state index contributed by atoms with van der Waals surface area (Å²) in [6.45, 7) is 1.49. The fourth-order valence-corrected chi connectivity index (χ4v) is 3.33. The number of aromatic nitrogens is 4. The van der Waals surface area contributed by atoms with Gasteiger partial charge in [0.05, 0.1) is 18.2 Å². The first-order valence-electron chi connectivity index (χ1n) is 10.5. The van der Waals surface area contributed by atoms with Gasteiger partial charge in [-0.2, -0.15) is 10.1 Å². The van der Waals surface area contributed by atoms with Crippen molar-refractivity contribution in [2.45, 2.75) is 19.4 Å². The number of amides is 1. The Balaban J connectivity index is 1.18. The van der Waals surface area contributed by atoms with Crippen molar-refractivity contribution in [1.82, 2.24) is 31.0 Å². The molecule has 33 heavy (non-hydrogen) atoms. The number of aromatic amines is 1. The molecule has 0 aliphatic rings. The van der Waals surface area contributed by atoms with Crippen LogP contribution in [0.4, 0.5) is 0 Å². The zero-order valence-corrected chi connectivity index (χ0v) is 18.1. The standard InChI is InChI=1S/C23H24N6O4/c1-32-16-8-6-15(7-9-16)22-26-21(33-29-22)11-10-20(30)25-13-12-24-14-19-17-4-2-3-5-18(17)23(31)28-27-19/h2-9,24H,10-14H2,1H3,(H,25,30)(H,28,31). The summed E-state index contributed by atoms with van der Waals surface area (Å²) < 4.78 is 10.4. The number of carbonyl (C=O) groups is 1. The van der Waals surface area contributed by atoms with Crippen molar-refractivity contribution in [3.05, 3.63) is 70.5 Å². The molecule has 0 aliphatic carbocycles. The van der Waals surface area contributed by atoms with E-state index in [1.165, 1.54) is 0 Å². The van der Waals surface area contributed by atoms with Crippen LogP contribution in [0, 0.1) is 0 Å². The molecule has 0 saturated carbocycles. The Kier molecular flexibility index (Phi) is 7.06. The van der Waals surface area contributed by atoms with Crippen LogP contribution in [0.5, 0.6) is 5.75 Å². The third-order valence-corrected chi connectivity index (χ3v) is 5.07. The Morgan fingerprint density at radius 1 is 1.09 bits per heavy atom. The van der Waals surface area contributed by atoms with E-state index in [0.717, 1.165) is 22.4 Å². The number of methoxy groups -OCH3 is 1. The molecule has 0 fully saturated rings. The van der Waals surface area contributed by atoms with Gasteiger partial charge in [-0.25, -0.2) is 5.10 Å². The smallest absolute Gasteiger partial charge is 0.272 e. The average molecular weight is 448 g/mol. The first-order valence-corrected chi connectivity index (χ1v) is 10.5. The molecule has 0 atom stereocenters. The van der Waals surface area contributed by atoms with E-state index >= 15 is 0 Å². The lowest BCUT2D eigenvalue weighted by molar-refractivity contribution is -0.121. The molecule has 10 heteroatoms. The van der Waals surface area contributed by atoms with E-state index < -0.39 is 0 Å². The van der Waals surface area contributed by atoms with Crippen LogP contribution in [0.25, 0.3) is 22.2 Å². The summed E-state index contributed by atoms with van der Waals surface area (Å²) in [7, 11) is 1.61. The molecule has 2 aromatic carbocycles. The maximum atomic E-state index is 12.1. The number of ether oxygens (including phenoxy) is 1. The molecule has 0 radical (unpaired) electrons. The Morgan fingerprint density at radius 3 is 2.67 bits per heavy atom. The fourth-order valence-electron chi connectivity index (χ4n) is 3.33. The molecule has 0 spiro atoms. The van der Waals surface area contributed by atoms with E-state index in [9.17, 15) is 9.59 Å². The predicted octanol–water partition coefficient (Wildman–Crippen LogP) is 1.82. The van der Waals surface area contributed by atoms with Gasteiger partial charge in [0.25, 0.3) is 5.56 Å². The van der Waals surface area contributed by atoms with Crippen LogP contribution in [0.15, 0.2) is 57.8 Å². The summed E-state index contributed by atoms with van der Waals surface area (Å²) >= 11 is 0.